The molecule has 0 aromatic heterocycles. The summed E-state index contributed by atoms with van der Waals surface area (Å²) in [4.78, 5) is 12.6. The second-order valence-corrected chi connectivity index (χ2v) is 7.34. The standard InChI is InChI=1S/C26H23FN2O2/c1-17-10-18(2)12-19(11-17)13-21-15-23(31-3)9-8-20(21)14-22(16-28)26(30)29-25-7-5-4-6-24(25)27/h4-12,14-15H,13H2,1-3H3,(H,29,30)/b22-14+. The molecule has 3 aromatic carbocycles. The molecule has 5 heteroatoms. The van der Waals surface area contributed by atoms with Crippen LogP contribution in [0.2, 0.25) is 0 Å². The summed E-state index contributed by atoms with van der Waals surface area (Å²) in [5, 5.41) is 12.0. The lowest BCUT2D eigenvalue weighted by Gasteiger charge is -2.11. The predicted molar refractivity (Wildman–Crippen MR) is 120 cm³/mol. The van der Waals surface area contributed by atoms with Crippen molar-refractivity contribution < 1.29 is 13.9 Å². The number of benzene rings is 3. The summed E-state index contributed by atoms with van der Waals surface area (Å²) in [5.41, 5.74) is 4.99. The number of nitrogens with one attached hydrogen (secondary N) is 1. The zero-order valence-electron chi connectivity index (χ0n) is 17.7. The number of carbonyl (C=O) groups is 1. The van der Waals surface area contributed by atoms with Crippen LogP contribution in [-0.4, -0.2) is 13.0 Å². The lowest BCUT2D eigenvalue weighted by Crippen LogP contribution is -2.14. The Hall–Kier alpha value is -3.91. The molecule has 0 heterocycles. The van der Waals surface area contributed by atoms with Gasteiger partial charge >= 0.3 is 0 Å². The molecule has 31 heavy (non-hydrogen) atoms. The number of nitrogens with zero attached hydrogens (tertiary/aromatic N) is 1. The summed E-state index contributed by atoms with van der Waals surface area (Å²) < 4.78 is 19.2. The molecular formula is C26H23FN2O2. The molecule has 0 atom stereocenters. The van der Waals surface area contributed by atoms with Gasteiger partial charge in [0.05, 0.1) is 12.8 Å². The van der Waals surface area contributed by atoms with E-state index in [-0.39, 0.29) is 11.3 Å². The summed E-state index contributed by atoms with van der Waals surface area (Å²) in [5.74, 6) is -0.542. The van der Waals surface area contributed by atoms with Crippen LogP contribution in [0, 0.1) is 31.0 Å². The second-order valence-electron chi connectivity index (χ2n) is 7.34. The maximum Gasteiger partial charge on any atom is 0.266 e. The Morgan fingerprint density at radius 2 is 1.81 bits per heavy atom. The lowest BCUT2D eigenvalue weighted by molar-refractivity contribution is -0.112. The Kier molecular flexibility index (Phi) is 6.84. The average molecular weight is 414 g/mol. The van der Waals surface area contributed by atoms with Crippen molar-refractivity contribution in [2.75, 3.05) is 12.4 Å². The van der Waals surface area contributed by atoms with Gasteiger partial charge in [-0.2, -0.15) is 5.26 Å². The van der Waals surface area contributed by atoms with Crippen LogP contribution in [-0.2, 0) is 11.2 Å². The maximum atomic E-state index is 13.9. The lowest BCUT2D eigenvalue weighted by atomic mass is 9.96. The summed E-state index contributed by atoms with van der Waals surface area (Å²) in [6, 6.07) is 19.6. The molecule has 3 aromatic rings. The molecular weight excluding hydrogens is 391 g/mol. The van der Waals surface area contributed by atoms with Crippen molar-refractivity contribution in [3.63, 3.8) is 0 Å². The quantitative estimate of drug-likeness (QED) is 0.423. The van der Waals surface area contributed by atoms with Crippen molar-refractivity contribution in [1.29, 1.82) is 5.26 Å². The van der Waals surface area contributed by atoms with Gasteiger partial charge in [-0.25, -0.2) is 4.39 Å². The van der Waals surface area contributed by atoms with Gasteiger partial charge in [0.2, 0.25) is 0 Å². The Balaban J connectivity index is 1.96. The molecule has 0 saturated heterocycles. The van der Waals surface area contributed by atoms with Crippen molar-refractivity contribution in [3.05, 3.63) is 99.9 Å². The van der Waals surface area contributed by atoms with Gasteiger partial charge in [-0.1, -0.05) is 47.5 Å². The highest BCUT2D eigenvalue weighted by Gasteiger charge is 2.14. The number of methoxy groups -OCH3 is 1. The zero-order chi connectivity index (χ0) is 22.4. The van der Waals surface area contributed by atoms with Crippen LogP contribution in [0.4, 0.5) is 10.1 Å². The molecule has 0 aliphatic heterocycles. The van der Waals surface area contributed by atoms with Crippen molar-refractivity contribution in [2.24, 2.45) is 0 Å². The highest BCUT2D eigenvalue weighted by Crippen LogP contribution is 2.24. The van der Waals surface area contributed by atoms with E-state index in [1.807, 2.05) is 32.0 Å². The minimum absolute atomic E-state index is 0.0267. The van der Waals surface area contributed by atoms with Crippen LogP contribution in [0.25, 0.3) is 6.08 Å². The fourth-order valence-corrected chi connectivity index (χ4v) is 3.45. The number of anilines is 1. The van der Waals surface area contributed by atoms with Crippen LogP contribution >= 0.6 is 0 Å². The van der Waals surface area contributed by atoms with Gasteiger partial charge in [0.1, 0.15) is 23.2 Å². The number of aryl methyl sites for hydroxylation is 2. The van der Waals surface area contributed by atoms with E-state index in [2.05, 4.69) is 23.5 Å². The number of ether oxygens (including phenoxy) is 1. The molecule has 0 saturated carbocycles. The first-order valence-corrected chi connectivity index (χ1v) is 9.81. The van der Waals surface area contributed by atoms with E-state index < -0.39 is 11.7 Å². The van der Waals surface area contributed by atoms with Crippen molar-refractivity contribution >= 4 is 17.7 Å². The Labute approximate surface area is 181 Å². The smallest absolute Gasteiger partial charge is 0.266 e. The minimum atomic E-state index is -0.666. The molecule has 0 fully saturated rings. The van der Waals surface area contributed by atoms with E-state index in [4.69, 9.17) is 4.74 Å². The third-order valence-corrected chi connectivity index (χ3v) is 4.81. The van der Waals surface area contributed by atoms with E-state index in [1.54, 1.807) is 19.2 Å². The number of carbonyl (C=O) groups excluding carboxylic acids is 1. The number of rotatable bonds is 6. The molecule has 0 spiro atoms. The molecule has 4 nitrogen and oxygen atoms in total. The molecule has 0 bridgehead atoms. The summed E-state index contributed by atoms with van der Waals surface area (Å²) in [6.45, 7) is 4.09. The number of hydrogen-bond donors (Lipinski definition) is 1. The van der Waals surface area contributed by atoms with Gasteiger partial charge in [0, 0.05) is 0 Å². The summed E-state index contributed by atoms with van der Waals surface area (Å²) >= 11 is 0. The first-order chi connectivity index (χ1) is 14.9. The monoisotopic (exact) mass is 414 g/mol. The number of amides is 1. The van der Waals surface area contributed by atoms with Gasteiger partial charge in [-0.15, -0.1) is 0 Å². The minimum Gasteiger partial charge on any atom is -0.497 e. The summed E-state index contributed by atoms with van der Waals surface area (Å²) in [6.07, 6.45) is 2.13. The van der Waals surface area contributed by atoms with E-state index in [0.717, 1.165) is 27.8 Å². The molecule has 3 rings (SSSR count). The summed E-state index contributed by atoms with van der Waals surface area (Å²) in [7, 11) is 1.59. The largest absolute Gasteiger partial charge is 0.497 e. The Morgan fingerprint density at radius 3 is 2.45 bits per heavy atom. The fraction of sp³-hybridized carbons (Fsp3) is 0.154. The first-order valence-electron chi connectivity index (χ1n) is 9.81. The van der Waals surface area contributed by atoms with E-state index in [0.29, 0.717) is 12.2 Å². The number of para-hydroxylation sites is 1. The zero-order valence-corrected chi connectivity index (χ0v) is 17.7. The number of hydrogen-bond acceptors (Lipinski definition) is 3. The molecule has 0 radical (unpaired) electrons. The molecule has 0 aliphatic rings. The molecule has 0 unspecified atom stereocenters. The first kappa shape index (κ1) is 21.8. The molecule has 156 valence electrons. The maximum absolute atomic E-state index is 13.9. The Morgan fingerprint density at radius 1 is 1.10 bits per heavy atom. The topological polar surface area (TPSA) is 62.1 Å². The van der Waals surface area contributed by atoms with Gasteiger partial charge < -0.3 is 10.1 Å². The van der Waals surface area contributed by atoms with E-state index >= 15 is 0 Å². The highest BCUT2D eigenvalue weighted by atomic mass is 19.1. The van der Waals surface area contributed by atoms with Crippen molar-refractivity contribution in [3.8, 4) is 11.8 Å². The Bertz CT molecular complexity index is 1170. The third kappa shape index (κ3) is 5.58. The van der Waals surface area contributed by atoms with Crippen LogP contribution in [0.3, 0.4) is 0 Å². The van der Waals surface area contributed by atoms with Gasteiger partial charge in [-0.05, 0) is 67.3 Å². The fourth-order valence-electron chi connectivity index (χ4n) is 3.45. The van der Waals surface area contributed by atoms with Gasteiger partial charge in [-0.3, -0.25) is 4.79 Å². The van der Waals surface area contributed by atoms with E-state index in [1.165, 1.54) is 24.3 Å². The van der Waals surface area contributed by atoms with Crippen LogP contribution < -0.4 is 10.1 Å². The molecule has 0 aliphatic carbocycles. The van der Waals surface area contributed by atoms with Crippen LogP contribution in [0.15, 0.2) is 66.2 Å². The second kappa shape index (κ2) is 9.73. The van der Waals surface area contributed by atoms with Gasteiger partial charge in [0.15, 0.2) is 0 Å². The van der Waals surface area contributed by atoms with Gasteiger partial charge in [0.25, 0.3) is 5.91 Å². The number of nitriles is 1. The van der Waals surface area contributed by atoms with Crippen molar-refractivity contribution in [2.45, 2.75) is 20.3 Å². The van der Waals surface area contributed by atoms with Crippen LogP contribution in [0.1, 0.15) is 27.8 Å². The molecule has 1 N–H and O–H groups in total. The average Bonchev–Trinajstić information content (AvgIpc) is 2.73. The van der Waals surface area contributed by atoms with E-state index in [9.17, 15) is 14.4 Å². The SMILES string of the molecule is COc1ccc(/C=C(\C#N)C(=O)Nc2ccccc2F)c(Cc2cc(C)cc(C)c2)c1. The predicted octanol–water partition coefficient (Wildman–Crippen LogP) is 5.59. The van der Waals surface area contributed by atoms with Crippen molar-refractivity contribution in [1.82, 2.24) is 0 Å². The third-order valence-electron chi connectivity index (χ3n) is 4.81. The highest BCUT2D eigenvalue weighted by molar-refractivity contribution is 6.09. The number of halogens is 1. The molecule has 1 amide bonds. The normalized spacial score (nSPS) is 11.0. The van der Waals surface area contributed by atoms with Crippen LogP contribution in [0.5, 0.6) is 5.75 Å².